The number of aryl methyl sites for hydroxylation is 1. The summed E-state index contributed by atoms with van der Waals surface area (Å²) in [6, 6.07) is 17.4. The van der Waals surface area contributed by atoms with Crippen molar-refractivity contribution in [3.8, 4) is 5.75 Å². The molecule has 214 valence electrons. The van der Waals surface area contributed by atoms with Gasteiger partial charge in [-0.05, 0) is 81.3 Å². The number of benzene rings is 3. The summed E-state index contributed by atoms with van der Waals surface area (Å²) >= 11 is 0. The second kappa shape index (κ2) is 13.9. The molecular formula is C30H36FN3O5S. The predicted molar refractivity (Wildman–Crippen MR) is 153 cm³/mol. The topological polar surface area (TPSA) is 96.0 Å². The van der Waals surface area contributed by atoms with Gasteiger partial charge in [-0.25, -0.2) is 12.8 Å². The minimum absolute atomic E-state index is 0.106. The van der Waals surface area contributed by atoms with Crippen LogP contribution in [0.4, 0.5) is 10.1 Å². The number of carbonyl (C=O) groups is 2. The van der Waals surface area contributed by atoms with E-state index in [1.807, 2.05) is 45.0 Å². The van der Waals surface area contributed by atoms with Crippen molar-refractivity contribution in [3.05, 3.63) is 89.7 Å². The van der Waals surface area contributed by atoms with Gasteiger partial charge in [0.15, 0.2) is 0 Å². The highest BCUT2D eigenvalue weighted by molar-refractivity contribution is 7.92. The molecule has 10 heteroatoms. The molecule has 0 bridgehead atoms. The van der Waals surface area contributed by atoms with Crippen LogP contribution in [-0.4, -0.2) is 50.9 Å². The first-order chi connectivity index (χ1) is 19.1. The van der Waals surface area contributed by atoms with Gasteiger partial charge in [-0.2, -0.15) is 0 Å². The number of nitrogens with one attached hydrogen (secondary N) is 1. The number of ether oxygens (including phenoxy) is 1. The van der Waals surface area contributed by atoms with E-state index in [0.717, 1.165) is 46.1 Å². The van der Waals surface area contributed by atoms with E-state index in [4.69, 9.17) is 4.74 Å². The molecule has 2 amide bonds. The van der Waals surface area contributed by atoms with Gasteiger partial charge in [0.1, 0.15) is 24.2 Å². The normalized spacial score (nSPS) is 11.9. The first-order valence-electron chi connectivity index (χ1n) is 13.2. The maximum absolute atomic E-state index is 13.9. The zero-order valence-corrected chi connectivity index (χ0v) is 24.1. The Labute approximate surface area is 235 Å². The molecule has 3 aromatic rings. The van der Waals surface area contributed by atoms with Gasteiger partial charge >= 0.3 is 0 Å². The molecule has 0 radical (unpaired) electrons. The molecule has 1 unspecified atom stereocenters. The molecular weight excluding hydrogens is 533 g/mol. The largest absolute Gasteiger partial charge is 0.494 e. The lowest BCUT2D eigenvalue weighted by Crippen LogP contribution is -2.51. The highest BCUT2D eigenvalue weighted by Crippen LogP contribution is 2.27. The third-order valence-corrected chi connectivity index (χ3v) is 8.06. The standard InChI is InChI=1S/C30H36FN3O5S/c1-5-18-32-30(36)23(4)33(20-24-9-7-8-22(3)19-24)29(35)21-34(26-12-14-27(15-13-26)39-6-2)40(37,38)28-16-10-25(31)11-17-28/h7-17,19,23H,5-6,18,20-21H2,1-4H3,(H,32,36). The van der Waals surface area contributed by atoms with Crippen molar-refractivity contribution in [2.45, 2.75) is 51.6 Å². The van der Waals surface area contributed by atoms with Crippen LogP contribution in [0, 0.1) is 12.7 Å². The summed E-state index contributed by atoms with van der Waals surface area (Å²) in [6.45, 7) is 7.71. The van der Waals surface area contributed by atoms with Crippen LogP contribution in [-0.2, 0) is 26.2 Å². The average molecular weight is 570 g/mol. The highest BCUT2D eigenvalue weighted by atomic mass is 32.2. The monoisotopic (exact) mass is 569 g/mol. The zero-order valence-electron chi connectivity index (χ0n) is 23.3. The van der Waals surface area contributed by atoms with Crippen LogP contribution in [0.15, 0.2) is 77.7 Å². The third-order valence-electron chi connectivity index (χ3n) is 6.27. The minimum atomic E-state index is -4.29. The minimum Gasteiger partial charge on any atom is -0.494 e. The molecule has 0 aliphatic rings. The fraction of sp³-hybridized carbons (Fsp3) is 0.333. The van der Waals surface area contributed by atoms with E-state index in [1.165, 1.54) is 4.90 Å². The molecule has 0 heterocycles. The molecule has 0 aromatic heterocycles. The van der Waals surface area contributed by atoms with Crippen LogP contribution in [0.3, 0.4) is 0 Å². The van der Waals surface area contributed by atoms with Crippen molar-refractivity contribution < 1.29 is 27.1 Å². The molecule has 1 atom stereocenters. The molecule has 8 nitrogen and oxygen atoms in total. The van der Waals surface area contributed by atoms with Gasteiger partial charge in [0.25, 0.3) is 10.0 Å². The summed E-state index contributed by atoms with van der Waals surface area (Å²) in [5, 5.41) is 2.82. The molecule has 0 aliphatic carbocycles. The molecule has 0 fully saturated rings. The number of sulfonamides is 1. The van der Waals surface area contributed by atoms with E-state index in [-0.39, 0.29) is 23.0 Å². The number of hydrogen-bond donors (Lipinski definition) is 1. The van der Waals surface area contributed by atoms with E-state index in [9.17, 15) is 22.4 Å². The van der Waals surface area contributed by atoms with Gasteiger partial charge in [-0.1, -0.05) is 36.8 Å². The van der Waals surface area contributed by atoms with Gasteiger partial charge in [-0.3, -0.25) is 13.9 Å². The van der Waals surface area contributed by atoms with E-state index in [1.54, 1.807) is 31.2 Å². The maximum atomic E-state index is 13.9. The predicted octanol–water partition coefficient (Wildman–Crippen LogP) is 4.67. The summed E-state index contributed by atoms with van der Waals surface area (Å²) in [5.41, 5.74) is 2.01. The van der Waals surface area contributed by atoms with Gasteiger partial charge in [-0.15, -0.1) is 0 Å². The fourth-order valence-electron chi connectivity index (χ4n) is 4.12. The Morgan fingerprint density at radius 2 is 1.68 bits per heavy atom. The van der Waals surface area contributed by atoms with Gasteiger partial charge < -0.3 is 15.0 Å². The molecule has 0 saturated heterocycles. The number of halogens is 1. The van der Waals surface area contributed by atoms with Gasteiger partial charge in [0.2, 0.25) is 11.8 Å². The Bertz CT molecular complexity index is 1400. The lowest BCUT2D eigenvalue weighted by atomic mass is 10.1. The summed E-state index contributed by atoms with van der Waals surface area (Å²) in [6.07, 6.45) is 0.728. The quantitative estimate of drug-likeness (QED) is 0.323. The summed E-state index contributed by atoms with van der Waals surface area (Å²) in [5.74, 6) is -0.949. The lowest BCUT2D eigenvalue weighted by molar-refractivity contribution is -0.139. The summed E-state index contributed by atoms with van der Waals surface area (Å²) in [4.78, 5) is 28.0. The Kier molecular flexibility index (Phi) is 10.7. The Morgan fingerprint density at radius 3 is 2.27 bits per heavy atom. The van der Waals surface area contributed by atoms with E-state index in [2.05, 4.69) is 5.32 Å². The Hall–Kier alpha value is -3.92. The second-order valence-electron chi connectivity index (χ2n) is 9.37. The molecule has 3 aromatic carbocycles. The van der Waals surface area contributed by atoms with Gasteiger partial charge in [0.05, 0.1) is 17.2 Å². The SMILES string of the molecule is CCCNC(=O)C(C)N(Cc1cccc(C)c1)C(=O)CN(c1ccc(OCC)cc1)S(=O)(=O)c1ccc(F)cc1. The molecule has 1 N–H and O–H groups in total. The van der Waals surface area contributed by atoms with E-state index < -0.39 is 34.3 Å². The van der Waals surface area contributed by atoms with E-state index in [0.29, 0.717) is 18.9 Å². The van der Waals surface area contributed by atoms with Crippen molar-refractivity contribution in [2.75, 3.05) is 24.0 Å². The number of amides is 2. The van der Waals surface area contributed by atoms with Crippen LogP contribution < -0.4 is 14.4 Å². The molecule has 3 rings (SSSR count). The average Bonchev–Trinajstić information content (AvgIpc) is 2.93. The number of anilines is 1. The molecule has 0 aliphatic heterocycles. The fourth-order valence-corrected chi connectivity index (χ4v) is 5.54. The van der Waals surface area contributed by atoms with Crippen LogP contribution >= 0.6 is 0 Å². The second-order valence-corrected chi connectivity index (χ2v) is 11.2. The molecule has 0 spiro atoms. The number of nitrogens with zero attached hydrogens (tertiary/aromatic N) is 2. The summed E-state index contributed by atoms with van der Waals surface area (Å²) < 4.78 is 47.6. The van der Waals surface area contributed by atoms with Crippen molar-refractivity contribution in [1.82, 2.24) is 10.2 Å². The third kappa shape index (κ3) is 7.81. The Balaban J connectivity index is 2.02. The highest BCUT2D eigenvalue weighted by Gasteiger charge is 2.32. The molecule has 0 saturated carbocycles. The van der Waals surface area contributed by atoms with Crippen LogP contribution in [0.1, 0.15) is 38.3 Å². The van der Waals surface area contributed by atoms with Crippen molar-refractivity contribution >= 4 is 27.5 Å². The van der Waals surface area contributed by atoms with E-state index >= 15 is 0 Å². The zero-order chi connectivity index (χ0) is 29.3. The number of rotatable bonds is 13. The van der Waals surface area contributed by atoms with Crippen molar-refractivity contribution in [1.29, 1.82) is 0 Å². The van der Waals surface area contributed by atoms with Crippen LogP contribution in [0.5, 0.6) is 5.75 Å². The smallest absolute Gasteiger partial charge is 0.264 e. The Morgan fingerprint density at radius 1 is 1.00 bits per heavy atom. The number of carbonyl (C=O) groups excluding carboxylic acids is 2. The van der Waals surface area contributed by atoms with Crippen molar-refractivity contribution in [2.24, 2.45) is 0 Å². The van der Waals surface area contributed by atoms with Crippen LogP contribution in [0.2, 0.25) is 0 Å². The first kappa shape index (κ1) is 30.6. The lowest BCUT2D eigenvalue weighted by Gasteiger charge is -2.32. The maximum Gasteiger partial charge on any atom is 0.264 e. The first-order valence-corrected chi connectivity index (χ1v) is 14.6. The summed E-state index contributed by atoms with van der Waals surface area (Å²) in [7, 11) is -4.29. The number of hydrogen-bond acceptors (Lipinski definition) is 5. The van der Waals surface area contributed by atoms with Crippen molar-refractivity contribution in [3.63, 3.8) is 0 Å². The van der Waals surface area contributed by atoms with Crippen LogP contribution in [0.25, 0.3) is 0 Å². The van der Waals surface area contributed by atoms with Gasteiger partial charge in [0, 0.05) is 13.1 Å². The molecule has 40 heavy (non-hydrogen) atoms.